The molecule has 0 saturated carbocycles. The van der Waals surface area contributed by atoms with Gasteiger partial charge >= 0.3 is 0 Å². The molecule has 0 spiro atoms. The molecule has 2 heterocycles. The average Bonchev–Trinajstić information content (AvgIpc) is 2.85. The summed E-state index contributed by atoms with van der Waals surface area (Å²) in [7, 11) is 62.3. The lowest BCUT2D eigenvalue weighted by atomic mass is 9.02. The molecule has 2 atom stereocenters. The topological polar surface area (TPSA) is 38.8 Å². The van der Waals surface area contributed by atoms with Crippen molar-refractivity contribution in [2.45, 2.75) is 63.2 Å². The smallest absolute Gasteiger partial charge is 0.151 e. The molecule has 1 aromatic carbocycles. The Morgan fingerprint density at radius 3 is 1.16 bits per heavy atom. The van der Waals surface area contributed by atoms with Crippen LogP contribution >= 0.6 is 0 Å². The number of Topliss-reactive ketones (excluding diaryl/α,β-unsaturated/α-hetero) is 1. The number of hydrogen-bond acceptors (Lipinski definition) is 4. The summed E-state index contributed by atoms with van der Waals surface area (Å²) in [5.41, 5.74) is 4.02. The number of ketones is 1. The van der Waals surface area contributed by atoms with Crippen LogP contribution < -0.4 is 20.4 Å². The molecule has 2 aliphatic rings. The van der Waals surface area contributed by atoms with E-state index in [1.54, 1.807) is 0 Å². The fraction of sp³-hybridized carbons (Fsp3) is 0.632. The standard InChI is InChI=1S/C19H54B27NO3/c20-3-1-2(4(21)6(50-19(44,45)46)5(3)49-18(41,42)43)11(27)10(25,26)7(48)8(22,16(37,38)47(11)17(39,40)9(1,23)24)13(29,30)12(28,14(31,32)33)15(34,35)36/h20-46H2. The molecule has 2 unspecified atom stereocenters. The maximum atomic E-state index is 16.3. The predicted molar refractivity (Wildman–Crippen MR) is 295 cm³/mol. The number of piperidine rings is 1. The Kier molecular flexibility index (Phi) is 10.6. The highest BCUT2D eigenvalue weighted by molar-refractivity contribution is 6.75. The highest BCUT2D eigenvalue weighted by Crippen LogP contribution is 2.79. The van der Waals surface area contributed by atoms with Crippen molar-refractivity contribution < 1.29 is 14.3 Å². The Hall–Kier alpha value is 0.203. The maximum absolute atomic E-state index is 16.3. The first-order valence-electron chi connectivity index (χ1n) is 19.4. The molecule has 1 fully saturated rings. The summed E-state index contributed by atoms with van der Waals surface area (Å²) in [6.07, 6.45) is 0. The monoisotopic (exact) mass is 642 g/mol. The Morgan fingerprint density at radius 2 is 0.840 bits per heavy atom. The van der Waals surface area contributed by atoms with Gasteiger partial charge in [-0.05, 0) is 37.7 Å². The van der Waals surface area contributed by atoms with Crippen molar-refractivity contribution in [3.63, 3.8) is 0 Å². The van der Waals surface area contributed by atoms with Crippen molar-refractivity contribution >= 4 is 229 Å². The van der Waals surface area contributed by atoms with E-state index in [0.717, 1.165) is 22.4 Å². The normalized spacial score (nSPS) is 26.5. The molecule has 0 aromatic heterocycles. The summed E-state index contributed by atoms with van der Waals surface area (Å²) in [4.78, 5) is 19.1. The zero-order valence-electron chi connectivity index (χ0n) is 38.2. The lowest BCUT2D eigenvalue weighted by molar-refractivity contribution is -0.137. The van der Waals surface area contributed by atoms with Gasteiger partial charge in [0.25, 0.3) is 0 Å². The SMILES string of the molecule is Bc1c(OC(B)(B)B)c(OC(B)(B)B)c(B)c2c1C(B)(B)C(B)(B)N1C(B)(B)C(B)(C(B)(B)C(B)(C(B)(B)B)C(B)(B)B)C(=O)C(B)(B)C21B. The van der Waals surface area contributed by atoms with Gasteiger partial charge in [0.05, 0.1) is 62.8 Å². The second-order valence-electron chi connectivity index (χ2n) is 23.6. The molecule has 234 valence electrons. The summed E-state index contributed by atoms with van der Waals surface area (Å²) in [6, 6.07) is 0. The summed E-state index contributed by atoms with van der Waals surface area (Å²) < 4.78 is 13.8. The molecule has 50 heavy (non-hydrogen) atoms. The van der Waals surface area contributed by atoms with Gasteiger partial charge in [-0.2, -0.15) is 0 Å². The van der Waals surface area contributed by atoms with Crippen LogP contribution in [0.4, 0.5) is 0 Å². The number of carbonyl (C=O) groups excluding carboxylic acids is 1. The minimum atomic E-state index is -0.781. The first kappa shape index (κ1) is 44.6. The third kappa shape index (κ3) is 5.54. The largest absolute Gasteiger partial charge is 0.511 e. The number of nitrogens with zero attached hydrogens (tertiary/aromatic N) is 1. The molecular weight excluding hydrogens is 582 g/mol. The van der Waals surface area contributed by atoms with Gasteiger partial charge in [-0.25, -0.2) is 0 Å². The van der Waals surface area contributed by atoms with Crippen LogP contribution in [0.15, 0.2) is 0 Å². The van der Waals surface area contributed by atoms with E-state index in [9.17, 15) is 0 Å². The third-order valence-corrected chi connectivity index (χ3v) is 15.9. The summed E-state index contributed by atoms with van der Waals surface area (Å²) in [5, 5.41) is -4.50. The van der Waals surface area contributed by atoms with E-state index < -0.39 is 37.1 Å². The fourth-order valence-corrected chi connectivity index (χ4v) is 12.2. The van der Waals surface area contributed by atoms with E-state index in [0.29, 0.717) is 5.78 Å². The van der Waals surface area contributed by atoms with Gasteiger partial charge in [0, 0.05) is 16.0 Å². The lowest BCUT2D eigenvalue weighted by Gasteiger charge is -2.82. The van der Waals surface area contributed by atoms with Crippen molar-refractivity contribution in [2.75, 3.05) is 0 Å². The lowest BCUT2D eigenvalue weighted by Crippen LogP contribution is -2.89. The van der Waals surface area contributed by atoms with Crippen molar-refractivity contribution in [3.05, 3.63) is 11.1 Å². The number of rotatable bonds is 8. The fourth-order valence-electron chi connectivity index (χ4n) is 12.2. The van der Waals surface area contributed by atoms with Crippen molar-refractivity contribution in [1.82, 2.24) is 4.90 Å². The van der Waals surface area contributed by atoms with Gasteiger partial charge in [-0.3, -0.25) is 0 Å². The van der Waals surface area contributed by atoms with Crippen LogP contribution in [0.3, 0.4) is 0 Å². The molecule has 4 nitrogen and oxygen atoms in total. The van der Waals surface area contributed by atoms with Crippen molar-refractivity contribution in [2.24, 2.45) is 0 Å². The van der Waals surface area contributed by atoms with Crippen molar-refractivity contribution in [1.29, 1.82) is 0 Å². The van der Waals surface area contributed by atoms with E-state index in [2.05, 4.69) is 217 Å². The van der Waals surface area contributed by atoms with Crippen LogP contribution in [0, 0.1) is 0 Å². The van der Waals surface area contributed by atoms with Crippen LogP contribution in [0.25, 0.3) is 0 Å². The molecule has 1 aromatic rings. The Bertz CT molecular complexity index is 1570. The highest BCUT2D eigenvalue weighted by atomic mass is 16.5. The summed E-state index contributed by atoms with van der Waals surface area (Å²) in [5.74, 6) is 1.95. The van der Waals surface area contributed by atoms with Gasteiger partial charge in [-0.1, -0.05) is 21.3 Å². The van der Waals surface area contributed by atoms with Gasteiger partial charge in [0.2, 0.25) is 0 Å². The van der Waals surface area contributed by atoms with Gasteiger partial charge in [0.1, 0.15) is 155 Å². The van der Waals surface area contributed by atoms with E-state index in [4.69, 9.17) is 9.47 Å². The second-order valence-corrected chi connectivity index (χ2v) is 23.6. The van der Waals surface area contributed by atoms with E-state index in [1.165, 1.54) is 11.1 Å². The number of ether oxygens (including phenoxy) is 2. The Balaban J connectivity index is 2.72. The molecule has 2 aliphatic heterocycles. The maximum Gasteiger partial charge on any atom is 0.151 e. The first-order valence-corrected chi connectivity index (χ1v) is 19.4. The molecule has 0 N–H and O–H groups in total. The molecule has 31 heteroatoms. The van der Waals surface area contributed by atoms with Crippen molar-refractivity contribution in [3.8, 4) is 11.5 Å². The first-order chi connectivity index (χ1) is 21.5. The van der Waals surface area contributed by atoms with Crippen LogP contribution in [0.2, 0.25) is 31.3 Å². The molecule has 0 amide bonds. The van der Waals surface area contributed by atoms with Gasteiger partial charge in [-0.15, -0.1) is 10.2 Å². The quantitative estimate of drug-likeness (QED) is 0.266. The van der Waals surface area contributed by atoms with Crippen LogP contribution in [0.1, 0.15) is 11.1 Å². The van der Waals surface area contributed by atoms with Crippen LogP contribution in [-0.4, -0.2) is 244 Å². The molecule has 1 saturated heterocycles. The number of fused-ring (bicyclic) bond motifs is 3. The predicted octanol–water partition coefficient (Wildman–Crippen LogP) is -25.8. The van der Waals surface area contributed by atoms with Gasteiger partial charge < -0.3 is 19.2 Å². The number of carbonyl (C=O) groups is 1. The molecular formula is C19H54B27NO3. The average molecular weight is 637 g/mol. The highest BCUT2D eigenvalue weighted by Gasteiger charge is 2.77. The molecule has 3 rings (SSSR count). The van der Waals surface area contributed by atoms with Crippen LogP contribution in [0.5, 0.6) is 11.5 Å². The summed E-state index contributed by atoms with van der Waals surface area (Å²) in [6.45, 7) is 0. The number of hydrogen-bond donors (Lipinski definition) is 0. The van der Waals surface area contributed by atoms with Gasteiger partial charge in [0.15, 0.2) is 11.5 Å². The van der Waals surface area contributed by atoms with E-state index >= 15 is 4.79 Å². The summed E-state index contributed by atoms with van der Waals surface area (Å²) >= 11 is 0. The number of benzene rings is 1. The Labute approximate surface area is 331 Å². The molecule has 0 bridgehead atoms. The Morgan fingerprint density at radius 1 is 0.500 bits per heavy atom. The minimum absolute atomic E-state index is 0.0847. The zero-order valence-corrected chi connectivity index (χ0v) is 38.2. The van der Waals surface area contributed by atoms with E-state index in [1.807, 2.05) is 0 Å². The van der Waals surface area contributed by atoms with E-state index in [-0.39, 0.29) is 26.1 Å². The zero-order chi connectivity index (χ0) is 40.0. The van der Waals surface area contributed by atoms with Crippen LogP contribution in [-0.2, 0) is 15.4 Å². The second kappa shape index (κ2) is 11.9. The minimum Gasteiger partial charge on any atom is -0.511 e. The molecule has 0 aliphatic carbocycles. The third-order valence-electron chi connectivity index (χ3n) is 15.9. The molecule has 0 radical (unpaired) electrons.